The summed E-state index contributed by atoms with van der Waals surface area (Å²) in [5, 5.41) is 3.09. The van der Waals surface area contributed by atoms with Gasteiger partial charge in [-0.05, 0) is 30.5 Å². The number of anilines is 2. The Labute approximate surface area is 161 Å². The molecule has 0 saturated carbocycles. The number of para-hydroxylation sites is 1. The van der Waals surface area contributed by atoms with Crippen LogP contribution in [0.4, 0.5) is 11.5 Å². The number of aryl methyl sites for hydroxylation is 2. The van der Waals surface area contributed by atoms with Crippen LogP contribution < -0.4 is 10.2 Å². The highest BCUT2D eigenvalue weighted by atomic mass is 16.1. The molecule has 1 fully saturated rings. The number of likely N-dealkylation sites (N-methyl/N-ethyl adjacent to an activating group) is 1. The van der Waals surface area contributed by atoms with Gasteiger partial charge in [0, 0.05) is 37.9 Å². The van der Waals surface area contributed by atoms with Crippen LogP contribution in [0.3, 0.4) is 0 Å². The number of rotatable bonds is 6. The number of hydrogen-bond donors (Lipinski definition) is 1. The highest BCUT2D eigenvalue weighted by molar-refractivity contribution is 6.04. The SMILES string of the molecule is CCc1cccc(CC)c1NC(=O)c1cc(N2CCN(CC)CC2)ncn1. The van der Waals surface area contributed by atoms with Crippen molar-refractivity contribution in [1.29, 1.82) is 0 Å². The van der Waals surface area contributed by atoms with Crippen LogP contribution >= 0.6 is 0 Å². The van der Waals surface area contributed by atoms with Crippen molar-refractivity contribution in [1.82, 2.24) is 14.9 Å². The quantitative estimate of drug-likeness (QED) is 0.850. The number of nitrogens with one attached hydrogen (secondary N) is 1. The first-order valence-electron chi connectivity index (χ1n) is 9.87. The van der Waals surface area contributed by atoms with E-state index >= 15 is 0 Å². The maximum absolute atomic E-state index is 12.9. The van der Waals surface area contributed by atoms with Gasteiger partial charge in [-0.2, -0.15) is 0 Å². The lowest BCUT2D eigenvalue weighted by Gasteiger charge is -2.34. The second-order valence-electron chi connectivity index (χ2n) is 6.80. The molecule has 0 radical (unpaired) electrons. The van der Waals surface area contributed by atoms with Crippen molar-refractivity contribution >= 4 is 17.4 Å². The van der Waals surface area contributed by atoms with Crippen LogP contribution in [0.25, 0.3) is 0 Å². The van der Waals surface area contributed by atoms with Gasteiger partial charge in [-0.25, -0.2) is 9.97 Å². The molecule has 1 aliphatic rings. The standard InChI is InChI=1S/C21H29N5O/c1-4-16-8-7-9-17(5-2)20(16)24-21(27)18-14-19(23-15-22-18)26-12-10-25(6-3)11-13-26/h7-9,14-15H,4-6,10-13H2,1-3H3,(H,24,27). The molecule has 0 bridgehead atoms. The van der Waals surface area contributed by atoms with Crippen molar-refractivity contribution in [3.05, 3.63) is 47.4 Å². The Kier molecular flexibility index (Phi) is 6.40. The van der Waals surface area contributed by atoms with Gasteiger partial charge in [0.25, 0.3) is 5.91 Å². The van der Waals surface area contributed by atoms with Gasteiger partial charge in [0.2, 0.25) is 0 Å². The number of benzene rings is 1. The van der Waals surface area contributed by atoms with Crippen molar-refractivity contribution in [3.8, 4) is 0 Å². The second kappa shape index (κ2) is 8.95. The van der Waals surface area contributed by atoms with Crippen molar-refractivity contribution < 1.29 is 4.79 Å². The fraction of sp³-hybridized carbons (Fsp3) is 0.476. The molecular formula is C21H29N5O. The average Bonchev–Trinajstić information content (AvgIpc) is 2.74. The Morgan fingerprint density at radius 2 is 1.70 bits per heavy atom. The van der Waals surface area contributed by atoms with Gasteiger partial charge in [0.15, 0.2) is 0 Å². The van der Waals surface area contributed by atoms with Gasteiger partial charge in [-0.3, -0.25) is 4.79 Å². The minimum absolute atomic E-state index is 0.179. The monoisotopic (exact) mass is 367 g/mol. The normalized spacial score (nSPS) is 15.0. The largest absolute Gasteiger partial charge is 0.354 e. The molecule has 1 aromatic carbocycles. The lowest BCUT2D eigenvalue weighted by Crippen LogP contribution is -2.46. The zero-order valence-electron chi connectivity index (χ0n) is 16.5. The van der Waals surface area contributed by atoms with E-state index in [0.29, 0.717) is 5.69 Å². The average molecular weight is 367 g/mol. The van der Waals surface area contributed by atoms with E-state index in [1.807, 2.05) is 6.07 Å². The molecule has 2 heterocycles. The highest BCUT2D eigenvalue weighted by Crippen LogP contribution is 2.23. The number of hydrogen-bond acceptors (Lipinski definition) is 5. The summed E-state index contributed by atoms with van der Waals surface area (Å²) >= 11 is 0. The molecule has 6 heteroatoms. The van der Waals surface area contributed by atoms with E-state index in [-0.39, 0.29) is 5.91 Å². The van der Waals surface area contributed by atoms with Crippen LogP contribution in [0.5, 0.6) is 0 Å². The first-order chi connectivity index (χ1) is 13.2. The summed E-state index contributed by atoms with van der Waals surface area (Å²) in [6, 6.07) is 7.98. The van der Waals surface area contributed by atoms with Crippen LogP contribution in [-0.2, 0) is 12.8 Å². The van der Waals surface area contributed by atoms with Gasteiger partial charge < -0.3 is 15.1 Å². The Hall–Kier alpha value is -2.47. The summed E-state index contributed by atoms with van der Waals surface area (Å²) < 4.78 is 0. The summed E-state index contributed by atoms with van der Waals surface area (Å²) in [4.78, 5) is 26.1. The molecule has 144 valence electrons. The van der Waals surface area contributed by atoms with Gasteiger partial charge in [-0.15, -0.1) is 0 Å². The lowest BCUT2D eigenvalue weighted by molar-refractivity contribution is 0.102. The predicted octanol–water partition coefficient (Wildman–Crippen LogP) is 3.00. The van der Waals surface area contributed by atoms with Crippen molar-refractivity contribution in [2.75, 3.05) is 42.9 Å². The number of carbonyl (C=O) groups excluding carboxylic acids is 1. The summed E-state index contributed by atoms with van der Waals surface area (Å²) in [7, 11) is 0. The van der Waals surface area contributed by atoms with Crippen LogP contribution in [0.1, 0.15) is 42.4 Å². The number of aromatic nitrogens is 2. The minimum Gasteiger partial charge on any atom is -0.354 e. The summed E-state index contributed by atoms with van der Waals surface area (Å²) in [5.74, 6) is 0.645. The smallest absolute Gasteiger partial charge is 0.274 e. The van der Waals surface area contributed by atoms with Gasteiger partial charge in [0.1, 0.15) is 17.8 Å². The highest BCUT2D eigenvalue weighted by Gasteiger charge is 2.19. The van der Waals surface area contributed by atoms with E-state index in [2.05, 4.69) is 58.0 Å². The molecule has 0 aliphatic carbocycles. The Morgan fingerprint density at radius 1 is 1.04 bits per heavy atom. The van der Waals surface area contributed by atoms with E-state index in [9.17, 15) is 4.79 Å². The fourth-order valence-electron chi connectivity index (χ4n) is 3.52. The molecule has 0 spiro atoms. The van der Waals surface area contributed by atoms with E-state index in [0.717, 1.165) is 68.2 Å². The molecule has 1 N–H and O–H groups in total. The maximum Gasteiger partial charge on any atom is 0.274 e. The first-order valence-corrected chi connectivity index (χ1v) is 9.87. The summed E-state index contributed by atoms with van der Waals surface area (Å²) in [6.45, 7) is 11.3. The van der Waals surface area contributed by atoms with Gasteiger partial charge >= 0.3 is 0 Å². The van der Waals surface area contributed by atoms with Crippen LogP contribution in [0.15, 0.2) is 30.6 Å². The van der Waals surface area contributed by atoms with Crippen molar-refractivity contribution in [2.24, 2.45) is 0 Å². The van der Waals surface area contributed by atoms with Gasteiger partial charge in [-0.1, -0.05) is 39.0 Å². The molecule has 27 heavy (non-hydrogen) atoms. The molecule has 1 amide bonds. The summed E-state index contributed by atoms with van der Waals surface area (Å²) in [5.41, 5.74) is 3.62. The maximum atomic E-state index is 12.9. The van der Waals surface area contributed by atoms with Crippen LogP contribution in [0.2, 0.25) is 0 Å². The van der Waals surface area contributed by atoms with E-state index in [4.69, 9.17) is 0 Å². The molecule has 1 saturated heterocycles. The number of nitrogens with zero attached hydrogens (tertiary/aromatic N) is 4. The van der Waals surface area contributed by atoms with E-state index in [1.54, 1.807) is 6.07 Å². The van der Waals surface area contributed by atoms with Crippen molar-refractivity contribution in [2.45, 2.75) is 33.6 Å². The molecule has 1 aromatic heterocycles. The molecular weight excluding hydrogens is 338 g/mol. The Balaban J connectivity index is 1.77. The number of amides is 1. The van der Waals surface area contributed by atoms with Crippen LogP contribution in [-0.4, -0.2) is 53.5 Å². The predicted molar refractivity (Wildman–Crippen MR) is 110 cm³/mol. The molecule has 6 nitrogen and oxygen atoms in total. The number of carbonyl (C=O) groups is 1. The number of piperazine rings is 1. The Bertz CT molecular complexity index is 762. The van der Waals surface area contributed by atoms with E-state index in [1.165, 1.54) is 6.33 Å². The zero-order valence-corrected chi connectivity index (χ0v) is 16.5. The minimum atomic E-state index is -0.179. The lowest BCUT2D eigenvalue weighted by atomic mass is 10.0. The van der Waals surface area contributed by atoms with Crippen molar-refractivity contribution in [3.63, 3.8) is 0 Å². The third-order valence-electron chi connectivity index (χ3n) is 5.27. The second-order valence-corrected chi connectivity index (χ2v) is 6.80. The third kappa shape index (κ3) is 4.45. The van der Waals surface area contributed by atoms with Crippen LogP contribution in [0, 0.1) is 0 Å². The van der Waals surface area contributed by atoms with Gasteiger partial charge in [0.05, 0.1) is 0 Å². The molecule has 1 aliphatic heterocycles. The summed E-state index contributed by atoms with van der Waals surface area (Å²) in [6.07, 6.45) is 3.24. The fourth-order valence-corrected chi connectivity index (χ4v) is 3.52. The van der Waals surface area contributed by atoms with E-state index < -0.39 is 0 Å². The third-order valence-corrected chi connectivity index (χ3v) is 5.27. The molecule has 0 atom stereocenters. The molecule has 2 aromatic rings. The molecule has 3 rings (SSSR count). The first kappa shape index (κ1) is 19.3. The Morgan fingerprint density at radius 3 is 2.30 bits per heavy atom. The topological polar surface area (TPSA) is 61.4 Å². The zero-order chi connectivity index (χ0) is 19.2. The molecule has 0 unspecified atom stereocenters.